The molecule has 1 atom stereocenters. The zero-order valence-electron chi connectivity index (χ0n) is 14.4. The zero-order chi connectivity index (χ0) is 19.6. The van der Waals surface area contributed by atoms with Crippen LogP contribution >= 0.6 is 0 Å². The van der Waals surface area contributed by atoms with Gasteiger partial charge in [-0.25, -0.2) is 19.2 Å². The number of ether oxygens (including phenoxy) is 4. The van der Waals surface area contributed by atoms with Gasteiger partial charge in [-0.1, -0.05) is 0 Å². The number of rotatable bonds is 5. The Labute approximate surface area is 142 Å². The second-order valence-electron chi connectivity index (χ2n) is 5.36. The molecule has 1 unspecified atom stereocenters. The van der Waals surface area contributed by atoms with Crippen LogP contribution in [0.4, 0.5) is 0 Å². The first-order chi connectivity index (χ1) is 11.6. The number of carbonyl (C=O) groups excluding carboxylic acids is 5. The van der Waals surface area contributed by atoms with Crippen LogP contribution in [0.2, 0.25) is 0 Å². The standard InChI is InChI=1S/C14H19NO10/c1-13(21)6-7(16)15(8(9(17)22-2)10(18)23-3)14(13,11(19)24-4)12(20)25-5/h8,21H,6H2,1-5H3. The van der Waals surface area contributed by atoms with Crippen molar-refractivity contribution in [3.8, 4) is 0 Å². The van der Waals surface area contributed by atoms with Gasteiger partial charge in [-0.05, 0) is 6.92 Å². The van der Waals surface area contributed by atoms with Crippen LogP contribution < -0.4 is 0 Å². The lowest BCUT2D eigenvalue weighted by Gasteiger charge is -2.41. The lowest BCUT2D eigenvalue weighted by Crippen LogP contribution is -2.72. The highest BCUT2D eigenvalue weighted by Gasteiger charge is 2.74. The Balaban J connectivity index is 3.79. The van der Waals surface area contributed by atoms with E-state index in [1.807, 2.05) is 0 Å². The van der Waals surface area contributed by atoms with Crippen LogP contribution in [-0.4, -0.2) is 85.4 Å². The minimum absolute atomic E-state index is 0.294. The van der Waals surface area contributed by atoms with Crippen LogP contribution in [0, 0.1) is 0 Å². The van der Waals surface area contributed by atoms with E-state index in [4.69, 9.17) is 0 Å². The van der Waals surface area contributed by atoms with Crippen LogP contribution in [0.5, 0.6) is 0 Å². The highest BCUT2D eigenvalue weighted by Crippen LogP contribution is 2.43. The Kier molecular flexibility index (Phi) is 5.74. The van der Waals surface area contributed by atoms with Gasteiger partial charge in [-0.15, -0.1) is 0 Å². The van der Waals surface area contributed by atoms with Crippen molar-refractivity contribution < 1.29 is 48.0 Å². The third kappa shape index (κ3) is 2.80. The first kappa shape index (κ1) is 20.4. The maximum atomic E-state index is 12.5. The lowest BCUT2D eigenvalue weighted by atomic mass is 9.80. The summed E-state index contributed by atoms with van der Waals surface area (Å²) in [5.74, 6) is -6.41. The lowest BCUT2D eigenvalue weighted by molar-refractivity contribution is -0.192. The molecule has 1 N–H and O–H groups in total. The maximum absolute atomic E-state index is 12.5. The fourth-order valence-electron chi connectivity index (χ4n) is 2.84. The van der Waals surface area contributed by atoms with Gasteiger partial charge in [-0.3, -0.25) is 9.69 Å². The Morgan fingerprint density at radius 1 is 0.960 bits per heavy atom. The number of hydrogen-bond acceptors (Lipinski definition) is 10. The van der Waals surface area contributed by atoms with Gasteiger partial charge >= 0.3 is 23.9 Å². The van der Waals surface area contributed by atoms with Gasteiger partial charge in [0.15, 0.2) is 0 Å². The molecule has 1 aliphatic rings. The molecule has 0 saturated carbocycles. The summed E-state index contributed by atoms with van der Waals surface area (Å²) in [5.41, 5.74) is -5.15. The molecule has 11 nitrogen and oxygen atoms in total. The molecule has 1 heterocycles. The van der Waals surface area contributed by atoms with E-state index >= 15 is 0 Å². The predicted octanol–water partition coefficient (Wildman–Crippen LogP) is -2.23. The number of carbonyl (C=O) groups is 5. The summed E-state index contributed by atoms with van der Waals surface area (Å²) in [6.45, 7) is 1.00. The molecule has 1 fully saturated rings. The van der Waals surface area contributed by atoms with Crippen LogP contribution in [0.15, 0.2) is 0 Å². The first-order valence-corrected chi connectivity index (χ1v) is 6.93. The Bertz CT molecular complexity index is 579. The molecule has 0 aliphatic carbocycles. The van der Waals surface area contributed by atoms with Crippen molar-refractivity contribution in [1.29, 1.82) is 0 Å². The normalized spacial score (nSPS) is 21.7. The molecule has 140 valence electrons. The summed E-state index contributed by atoms with van der Waals surface area (Å²) in [6, 6.07) is -2.13. The number of likely N-dealkylation sites (tertiary alicyclic amines) is 1. The molecular formula is C14H19NO10. The quantitative estimate of drug-likeness (QED) is 0.324. The fourth-order valence-corrected chi connectivity index (χ4v) is 2.84. The first-order valence-electron chi connectivity index (χ1n) is 6.93. The number of esters is 4. The molecule has 25 heavy (non-hydrogen) atoms. The van der Waals surface area contributed by atoms with E-state index in [1.165, 1.54) is 0 Å². The maximum Gasteiger partial charge on any atom is 0.346 e. The molecule has 0 bridgehead atoms. The van der Waals surface area contributed by atoms with Crippen molar-refractivity contribution in [3.05, 3.63) is 0 Å². The largest absolute Gasteiger partial charge is 0.467 e. The smallest absolute Gasteiger partial charge is 0.346 e. The van der Waals surface area contributed by atoms with Gasteiger partial charge in [-0.2, -0.15) is 0 Å². The highest BCUT2D eigenvalue weighted by atomic mass is 16.6. The minimum Gasteiger partial charge on any atom is -0.467 e. The zero-order valence-corrected chi connectivity index (χ0v) is 14.4. The highest BCUT2D eigenvalue weighted by molar-refractivity contribution is 6.15. The summed E-state index contributed by atoms with van der Waals surface area (Å²) < 4.78 is 18.0. The second-order valence-corrected chi connectivity index (χ2v) is 5.36. The summed E-state index contributed by atoms with van der Waals surface area (Å²) >= 11 is 0. The van der Waals surface area contributed by atoms with Crippen LogP contribution in [-0.2, 0) is 42.9 Å². The number of methoxy groups -OCH3 is 4. The van der Waals surface area contributed by atoms with Crippen molar-refractivity contribution in [3.63, 3.8) is 0 Å². The van der Waals surface area contributed by atoms with Crippen molar-refractivity contribution in [2.45, 2.75) is 30.5 Å². The van der Waals surface area contributed by atoms with Crippen LogP contribution in [0.1, 0.15) is 13.3 Å². The molecule has 1 aliphatic heterocycles. The van der Waals surface area contributed by atoms with Gasteiger partial charge in [0.1, 0.15) is 5.60 Å². The molecule has 1 rings (SSSR count). The van der Waals surface area contributed by atoms with Crippen molar-refractivity contribution >= 4 is 29.8 Å². The molecule has 0 aromatic heterocycles. The monoisotopic (exact) mass is 361 g/mol. The SMILES string of the molecule is COC(=O)C(C(=O)OC)N1C(=O)CC(C)(O)C1(C(=O)OC)C(=O)OC. The van der Waals surface area contributed by atoms with Crippen LogP contribution in [0.3, 0.4) is 0 Å². The molecule has 0 aromatic carbocycles. The van der Waals surface area contributed by atoms with Crippen molar-refractivity contribution in [2.75, 3.05) is 28.4 Å². The van der Waals surface area contributed by atoms with E-state index in [0.717, 1.165) is 35.4 Å². The second kappa shape index (κ2) is 7.05. The number of aliphatic hydroxyl groups is 1. The van der Waals surface area contributed by atoms with E-state index in [0.29, 0.717) is 4.90 Å². The third-order valence-corrected chi connectivity index (χ3v) is 3.97. The summed E-state index contributed by atoms with van der Waals surface area (Å²) in [4.78, 5) is 61.8. The average Bonchev–Trinajstić information content (AvgIpc) is 2.79. The van der Waals surface area contributed by atoms with Crippen LogP contribution in [0.25, 0.3) is 0 Å². The fraction of sp³-hybridized carbons (Fsp3) is 0.643. The van der Waals surface area contributed by atoms with E-state index in [2.05, 4.69) is 18.9 Å². The van der Waals surface area contributed by atoms with E-state index in [-0.39, 0.29) is 0 Å². The van der Waals surface area contributed by atoms with E-state index in [1.54, 1.807) is 0 Å². The predicted molar refractivity (Wildman–Crippen MR) is 76.7 cm³/mol. The van der Waals surface area contributed by atoms with E-state index < -0.39 is 53.4 Å². The Morgan fingerprint density at radius 2 is 1.36 bits per heavy atom. The third-order valence-electron chi connectivity index (χ3n) is 3.97. The van der Waals surface area contributed by atoms with Gasteiger partial charge in [0.05, 0.1) is 34.9 Å². The number of amides is 1. The van der Waals surface area contributed by atoms with Gasteiger partial charge < -0.3 is 24.1 Å². The minimum atomic E-state index is -2.80. The molecule has 1 amide bonds. The summed E-state index contributed by atoms with van der Waals surface area (Å²) in [5, 5.41) is 10.6. The Morgan fingerprint density at radius 3 is 1.68 bits per heavy atom. The van der Waals surface area contributed by atoms with Gasteiger partial charge in [0, 0.05) is 0 Å². The molecular weight excluding hydrogens is 342 g/mol. The van der Waals surface area contributed by atoms with Gasteiger partial charge in [0.25, 0.3) is 5.54 Å². The molecule has 11 heteroatoms. The van der Waals surface area contributed by atoms with Crippen molar-refractivity contribution in [1.82, 2.24) is 4.90 Å². The molecule has 0 spiro atoms. The average molecular weight is 361 g/mol. The van der Waals surface area contributed by atoms with Gasteiger partial charge in [0.2, 0.25) is 11.9 Å². The molecule has 1 saturated heterocycles. The molecule has 0 radical (unpaired) electrons. The number of nitrogens with zero attached hydrogens (tertiary/aromatic N) is 1. The summed E-state index contributed by atoms with van der Waals surface area (Å²) in [6.07, 6.45) is -0.762. The number of hydrogen-bond donors (Lipinski definition) is 1. The summed E-state index contributed by atoms with van der Waals surface area (Å²) in [7, 11) is 3.65. The molecule has 0 aromatic rings. The Hall–Kier alpha value is -2.69. The topological polar surface area (TPSA) is 146 Å². The van der Waals surface area contributed by atoms with Crippen molar-refractivity contribution in [2.24, 2.45) is 0 Å². The van der Waals surface area contributed by atoms with E-state index in [9.17, 15) is 29.1 Å².